The highest BCUT2D eigenvalue weighted by molar-refractivity contribution is 5.97. The maximum atomic E-state index is 11.6. The van der Waals surface area contributed by atoms with Crippen LogP contribution in [0.25, 0.3) is 0 Å². The van der Waals surface area contributed by atoms with Gasteiger partial charge in [0.2, 0.25) is 5.91 Å². The lowest BCUT2D eigenvalue weighted by atomic mass is 10.2. The summed E-state index contributed by atoms with van der Waals surface area (Å²) in [5, 5.41) is 16.4. The Balaban J connectivity index is 2.48. The smallest absolute Gasteiger partial charge is 0.322 e. The summed E-state index contributed by atoms with van der Waals surface area (Å²) in [6, 6.07) is 6.22. The average Bonchev–Trinajstić information content (AvgIpc) is 2.45. The van der Waals surface area contributed by atoms with Gasteiger partial charge in [-0.15, -0.1) is 0 Å². The maximum Gasteiger partial charge on any atom is 0.322 e. The molecule has 0 saturated carbocycles. The molecule has 0 aliphatic heterocycles. The van der Waals surface area contributed by atoms with E-state index >= 15 is 0 Å². The number of rotatable bonds is 8. The molecule has 0 atom stereocenters. The zero-order valence-electron chi connectivity index (χ0n) is 11.8. The van der Waals surface area contributed by atoms with E-state index in [1.807, 2.05) is 6.92 Å². The van der Waals surface area contributed by atoms with Gasteiger partial charge in [-0.3, -0.25) is 14.4 Å². The van der Waals surface area contributed by atoms with Gasteiger partial charge in [0.15, 0.2) is 0 Å². The van der Waals surface area contributed by atoms with E-state index in [1.54, 1.807) is 12.1 Å². The molecular formula is C14H19N3O4. The Kier molecular flexibility index (Phi) is 6.90. The molecule has 21 heavy (non-hydrogen) atoms. The van der Waals surface area contributed by atoms with Crippen molar-refractivity contribution < 1.29 is 19.5 Å². The number of anilines is 1. The van der Waals surface area contributed by atoms with E-state index in [1.165, 1.54) is 12.1 Å². The number of nitrogens with one attached hydrogen (secondary N) is 3. The average molecular weight is 293 g/mol. The molecule has 0 bridgehead atoms. The standard InChI is InChI=1S/C14H19N3O4/c1-2-7-15-8-12(18)17-11-5-3-10(4-6-11)14(21)16-9-13(19)20/h3-6,15H,2,7-9H2,1H3,(H,16,21)(H,17,18)(H,19,20). The summed E-state index contributed by atoms with van der Waals surface area (Å²) in [7, 11) is 0. The van der Waals surface area contributed by atoms with Gasteiger partial charge >= 0.3 is 5.97 Å². The second-order valence-electron chi connectivity index (χ2n) is 4.38. The van der Waals surface area contributed by atoms with Crippen molar-refractivity contribution in [3.05, 3.63) is 29.8 Å². The number of benzene rings is 1. The Labute approximate surface area is 122 Å². The van der Waals surface area contributed by atoms with Crippen LogP contribution in [0.3, 0.4) is 0 Å². The summed E-state index contributed by atoms with van der Waals surface area (Å²) in [5.74, 6) is -1.74. The third kappa shape index (κ3) is 6.53. The number of amides is 2. The lowest BCUT2D eigenvalue weighted by Crippen LogP contribution is -2.29. The number of carbonyl (C=O) groups is 3. The first-order valence-corrected chi connectivity index (χ1v) is 6.63. The summed E-state index contributed by atoms with van der Waals surface area (Å²) in [6.07, 6.45) is 0.952. The maximum absolute atomic E-state index is 11.6. The van der Waals surface area contributed by atoms with Crippen molar-refractivity contribution in [3.63, 3.8) is 0 Å². The minimum absolute atomic E-state index is 0.161. The van der Waals surface area contributed by atoms with Gasteiger partial charge in [0, 0.05) is 11.3 Å². The second-order valence-corrected chi connectivity index (χ2v) is 4.38. The number of carboxylic acids is 1. The first-order valence-electron chi connectivity index (χ1n) is 6.63. The summed E-state index contributed by atoms with van der Waals surface area (Å²) >= 11 is 0. The molecule has 0 heterocycles. The van der Waals surface area contributed by atoms with E-state index in [0.717, 1.165) is 13.0 Å². The van der Waals surface area contributed by atoms with Gasteiger partial charge in [0.25, 0.3) is 5.91 Å². The van der Waals surface area contributed by atoms with Gasteiger partial charge in [0.05, 0.1) is 6.54 Å². The number of hydrogen-bond acceptors (Lipinski definition) is 4. The van der Waals surface area contributed by atoms with Gasteiger partial charge in [-0.05, 0) is 37.2 Å². The Morgan fingerprint density at radius 2 is 1.76 bits per heavy atom. The minimum Gasteiger partial charge on any atom is -0.480 e. The molecule has 0 unspecified atom stereocenters. The van der Waals surface area contributed by atoms with Crippen LogP contribution in [0.15, 0.2) is 24.3 Å². The van der Waals surface area contributed by atoms with E-state index in [4.69, 9.17) is 5.11 Å². The Morgan fingerprint density at radius 1 is 1.10 bits per heavy atom. The molecule has 0 aromatic heterocycles. The quantitative estimate of drug-likeness (QED) is 0.520. The monoisotopic (exact) mass is 293 g/mol. The van der Waals surface area contributed by atoms with Crippen molar-refractivity contribution in [2.24, 2.45) is 0 Å². The fraction of sp³-hybridized carbons (Fsp3) is 0.357. The van der Waals surface area contributed by atoms with Crippen LogP contribution < -0.4 is 16.0 Å². The molecule has 7 heteroatoms. The molecule has 7 nitrogen and oxygen atoms in total. The molecule has 4 N–H and O–H groups in total. The van der Waals surface area contributed by atoms with Crippen LogP contribution in [-0.2, 0) is 9.59 Å². The number of aliphatic carboxylic acids is 1. The molecule has 114 valence electrons. The second kappa shape index (κ2) is 8.70. The lowest BCUT2D eigenvalue weighted by molar-refractivity contribution is -0.135. The van der Waals surface area contributed by atoms with Crippen LogP contribution in [-0.4, -0.2) is 42.5 Å². The summed E-state index contributed by atoms with van der Waals surface area (Å²) in [6.45, 7) is 2.59. The summed E-state index contributed by atoms with van der Waals surface area (Å²) in [5.41, 5.74) is 0.909. The molecule has 1 rings (SSSR count). The van der Waals surface area contributed by atoms with E-state index in [-0.39, 0.29) is 12.5 Å². The van der Waals surface area contributed by atoms with Gasteiger partial charge < -0.3 is 21.1 Å². The van der Waals surface area contributed by atoms with Crippen LogP contribution in [0.2, 0.25) is 0 Å². The third-order valence-electron chi connectivity index (χ3n) is 2.54. The molecular weight excluding hydrogens is 274 g/mol. The van der Waals surface area contributed by atoms with Crippen LogP contribution >= 0.6 is 0 Å². The van der Waals surface area contributed by atoms with Crippen LogP contribution in [0.4, 0.5) is 5.69 Å². The predicted octanol–water partition coefficient (Wildman–Crippen LogP) is 0.439. The zero-order valence-corrected chi connectivity index (χ0v) is 11.8. The van der Waals surface area contributed by atoms with Gasteiger partial charge in [-0.25, -0.2) is 0 Å². The van der Waals surface area contributed by atoms with Crippen LogP contribution in [0.1, 0.15) is 23.7 Å². The molecule has 0 spiro atoms. The van der Waals surface area contributed by atoms with Crippen LogP contribution in [0, 0.1) is 0 Å². The summed E-state index contributed by atoms with van der Waals surface area (Å²) in [4.78, 5) is 33.5. The third-order valence-corrected chi connectivity index (χ3v) is 2.54. The van der Waals surface area contributed by atoms with Crippen molar-refractivity contribution in [2.75, 3.05) is 25.0 Å². The van der Waals surface area contributed by atoms with Crippen molar-refractivity contribution in [1.82, 2.24) is 10.6 Å². The first kappa shape index (κ1) is 16.6. The van der Waals surface area contributed by atoms with Crippen LogP contribution in [0.5, 0.6) is 0 Å². The molecule has 0 radical (unpaired) electrons. The van der Waals surface area contributed by atoms with Gasteiger partial charge in [-0.1, -0.05) is 6.92 Å². The molecule has 1 aromatic carbocycles. The molecule has 1 aromatic rings. The Hall–Kier alpha value is -2.41. The topological polar surface area (TPSA) is 108 Å². The SMILES string of the molecule is CCCNCC(=O)Nc1ccc(C(=O)NCC(=O)O)cc1. The molecule has 0 saturated heterocycles. The highest BCUT2D eigenvalue weighted by Gasteiger charge is 2.07. The van der Waals surface area contributed by atoms with E-state index in [2.05, 4.69) is 16.0 Å². The van der Waals surface area contributed by atoms with E-state index < -0.39 is 18.4 Å². The van der Waals surface area contributed by atoms with Crippen molar-refractivity contribution in [2.45, 2.75) is 13.3 Å². The Morgan fingerprint density at radius 3 is 2.33 bits per heavy atom. The molecule has 0 fully saturated rings. The molecule has 0 aliphatic carbocycles. The highest BCUT2D eigenvalue weighted by atomic mass is 16.4. The number of carbonyl (C=O) groups excluding carboxylic acids is 2. The predicted molar refractivity (Wildman–Crippen MR) is 78.2 cm³/mol. The fourth-order valence-electron chi connectivity index (χ4n) is 1.55. The Bertz CT molecular complexity index is 499. The molecule has 2 amide bonds. The lowest BCUT2D eigenvalue weighted by Gasteiger charge is -2.07. The normalized spacial score (nSPS) is 9.95. The van der Waals surface area contributed by atoms with E-state index in [9.17, 15) is 14.4 Å². The number of hydrogen-bond donors (Lipinski definition) is 4. The summed E-state index contributed by atoms with van der Waals surface area (Å²) < 4.78 is 0. The van der Waals surface area contributed by atoms with Crippen molar-refractivity contribution >= 4 is 23.5 Å². The van der Waals surface area contributed by atoms with Gasteiger partial charge in [-0.2, -0.15) is 0 Å². The minimum atomic E-state index is -1.10. The van der Waals surface area contributed by atoms with Crippen molar-refractivity contribution in [3.8, 4) is 0 Å². The zero-order chi connectivity index (χ0) is 15.7. The largest absolute Gasteiger partial charge is 0.480 e. The number of carboxylic acid groups (broad SMARTS) is 1. The highest BCUT2D eigenvalue weighted by Crippen LogP contribution is 2.09. The van der Waals surface area contributed by atoms with Gasteiger partial charge in [0.1, 0.15) is 6.54 Å². The fourth-order valence-corrected chi connectivity index (χ4v) is 1.55. The molecule has 0 aliphatic rings. The van der Waals surface area contributed by atoms with E-state index in [0.29, 0.717) is 11.3 Å². The first-order chi connectivity index (χ1) is 10.0. The van der Waals surface area contributed by atoms with Crippen molar-refractivity contribution in [1.29, 1.82) is 0 Å².